The average molecular weight is 477 g/mol. The third-order valence-electron chi connectivity index (χ3n) is 3.05. The Kier molecular flexibility index (Phi) is 7.71. The maximum absolute atomic E-state index is 12.6. The van der Waals surface area contributed by atoms with Crippen molar-refractivity contribution in [3.05, 3.63) is 44.7 Å². The molecule has 0 bridgehead atoms. The number of carboxylic acids is 1. The zero-order valence-electron chi connectivity index (χ0n) is 13.7. The third-order valence-corrected chi connectivity index (χ3v) is 4.15. The molecule has 1 aromatic carbocycles. The highest BCUT2D eigenvalue weighted by Crippen LogP contribution is 2.37. The quantitative estimate of drug-likeness (QED) is 0.230. The van der Waals surface area contributed by atoms with E-state index in [9.17, 15) is 22.4 Å². The van der Waals surface area contributed by atoms with Gasteiger partial charge in [-0.05, 0) is 12.1 Å². The molecular formula is C15H8Cl3F4N3O4. The Labute approximate surface area is 174 Å². The highest BCUT2D eigenvalue weighted by atomic mass is 35.5. The van der Waals surface area contributed by atoms with Crippen LogP contribution in [0.5, 0.6) is 11.5 Å². The predicted molar refractivity (Wildman–Crippen MR) is 97.1 cm³/mol. The van der Waals surface area contributed by atoms with Crippen molar-refractivity contribution in [2.75, 3.05) is 5.43 Å². The zero-order valence-corrected chi connectivity index (χ0v) is 15.9. The number of aromatic nitrogens is 1. The van der Waals surface area contributed by atoms with Gasteiger partial charge in [0, 0.05) is 11.6 Å². The number of carboxylic acid groups (broad SMARTS) is 1. The molecule has 1 aromatic heterocycles. The topological polar surface area (TPSA) is 93.0 Å². The number of rotatable bonds is 8. The minimum Gasteiger partial charge on any atom is -0.476 e. The van der Waals surface area contributed by atoms with E-state index in [0.717, 1.165) is 24.4 Å². The van der Waals surface area contributed by atoms with E-state index >= 15 is 0 Å². The van der Waals surface area contributed by atoms with Gasteiger partial charge >= 0.3 is 19.2 Å². The largest absolute Gasteiger partial charge is 0.476 e. The predicted octanol–water partition coefficient (Wildman–Crippen LogP) is 5.39. The summed E-state index contributed by atoms with van der Waals surface area (Å²) in [6.07, 6.45) is 0.964. The number of aromatic carboxylic acids is 1. The van der Waals surface area contributed by atoms with Gasteiger partial charge in [-0.25, -0.2) is 9.78 Å². The summed E-state index contributed by atoms with van der Waals surface area (Å²) in [5, 5.41) is 11.7. The number of anilines is 1. The van der Waals surface area contributed by atoms with E-state index in [1.807, 2.05) is 0 Å². The Bertz CT molecular complexity index is 948. The molecule has 0 amide bonds. The molecule has 0 saturated heterocycles. The van der Waals surface area contributed by atoms with Crippen molar-refractivity contribution in [1.82, 2.24) is 4.98 Å². The first-order valence-corrected chi connectivity index (χ1v) is 8.34. The van der Waals surface area contributed by atoms with E-state index in [2.05, 4.69) is 25.0 Å². The normalized spacial score (nSPS) is 11.3. The first-order valence-electron chi connectivity index (χ1n) is 7.20. The van der Waals surface area contributed by atoms with E-state index < -0.39 is 41.4 Å². The number of nitrogens with one attached hydrogen (secondary N) is 1. The molecule has 2 N–H and O–H groups in total. The standard InChI is InChI=1S/C15H8Cl3F4N3O4/c16-8-10(9(17)12(18)24-11(8)13(26)27)25-23-4-5-1-2-6(28-14(19)20)3-7(5)29-15(21)22/h1-4,14-15H,(H,24,25)(H,26,27)/b23-4+. The molecule has 2 aromatic rings. The van der Waals surface area contributed by atoms with Crippen molar-refractivity contribution in [2.24, 2.45) is 5.10 Å². The van der Waals surface area contributed by atoms with Crippen LogP contribution in [0.2, 0.25) is 15.2 Å². The summed E-state index contributed by atoms with van der Waals surface area (Å²) in [6, 6.07) is 3.00. The summed E-state index contributed by atoms with van der Waals surface area (Å²) in [6.45, 7) is -6.42. The van der Waals surface area contributed by atoms with Crippen LogP contribution in [0, 0.1) is 0 Å². The molecule has 14 heteroatoms. The number of benzene rings is 1. The summed E-state index contributed by atoms with van der Waals surface area (Å²) in [5.41, 5.74) is 1.44. The average Bonchev–Trinajstić information content (AvgIpc) is 2.61. The fraction of sp³-hybridized carbons (Fsp3) is 0.133. The summed E-state index contributed by atoms with van der Waals surface area (Å²) in [4.78, 5) is 14.6. The second kappa shape index (κ2) is 9.81. The summed E-state index contributed by atoms with van der Waals surface area (Å²) in [7, 11) is 0. The van der Waals surface area contributed by atoms with Crippen molar-refractivity contribution in [1.29, 1.82) is 0 Å². The molecule has 29 heavy (non-hydrogen) atoms. The van der Waals surface area contributed by atoms with Gasteiger partial charge in [0.05, 0.1) is 11.9 Å². The molecule has 0 radical (unpaired) electrons. The highest BCUT2D eigenvalue weighted by molar-refractivity contribution is 6.46. The van der Waals surface area contributed by atoms with Crippen LogP contribution < -0.4 is 14.9 Å². The summed E-state index contributed by atoms with van der Waals surface area (Å²) < 4.78 is 58.0. The van der Waals surface area contributed by atoms with Gasteiger partial charge in [-0.3, -0.25) is 5.43 Å². The van der Waals surface area contributed by atoms with E-state index in [1.54, 1.807) is 0 Å². The van der Waals surface area contributed by atoms with Gasteiger partial charge in [0.15, 0.2) is 10.8 Å². The van der Waals surface area contributed by atoms with Crippen molar-refractivity contribution >= 4 is 52.7 Å². The molecule has 0 spiro atoms. The lowest BCUT2D eigenvalue weighted by Crippen LogP contribution is -2.07. The number of halogens is 7. The smallest absolute Gasteiger partial charge is 0.387 e. The van der Waals surface area contributed by atoms with E-state index in [0.29, 0.717) is 0 Å². The Morgan fingerprint density at radius 3 is 2.38 bits per heavy atom. The van der Waals surface area contributed by atoms with Gasteiger partial charge in [0.2, 0.25) is 0 Å². The molecule has 1 heterocycles. The lowest BCUT2D eigenvalue weighted by molar-refractivity contribution is -0.0543. The van der Waals surface area contributed by atoms with Gasteiger partial charge in [-0.1, -0.05) is 34.8 Å². The number of ether oxygens (including phenoxy) is 2. The number of pyridine rings is 1. The van der Waals surface area contributed by atoms with E-state index in [-0.39, 0.29) is 21.4 Å². The number of hydrogen-bond donors (Lipinski definition) is 2. The molecule has 0 unspecified atom stereocenters. The van der Waals surface area contributed by atoms with Crippen LogP contribution in [0.1, 0.15) is 16.1 Å². The SMILES string of the molecule is O=C(O)c1nc(Cl)c(Cl)c(N/N=C/c2ccc(OC(F)F)cc2OC(F)F)c1Cl. The Hall–Kier alpha value is -2.50. The van der Waals surface area contributed by atoms with E-state index in [4.69, 9.17) is 39.9 Å². The minimum absolute atomic E-state index is 0.0646. The maximum Gasteiger partial charge on any atom is 0.387 e. The molecule has 156 valence electrons. The number of alkyl halides is 4. The highest BCUT2D eigenvalue weighted by Gasteiger charge is 2.20. The lowest BCUT2D eigenvalue weighted by atomic mass is 10.2. The van der Waals surface area contributed by atoms with Crippen molar-refractivity contribution in [3.63, 3.8) is 0 Å². The molecule has 7 nitrogen and oxygen atoms in total. The maximum atomic E-state index is 12.6. The van der Waals surface area contributed by atoms with Crippen LogP contribution in [0.3, 0.4) is 0 Å². The van der Waals surface area contributed by atoms with Crippen molar-refractivity contribution < 1.29 is 36.9 Å². The van der Waals surface area contributed by atoms with Crippen LogP contribution >= 0.6 is 34.8 Å². The van der Waals surface area contributed by atoms with Gasteiger partial charge in [-0.15, -0.1) is 0 Å². The number of hydrazone groups is 1. The van der Waals surface area contributed by atoms with Crippen LogP contribution in [-0.2, 0) is 0 Å². The monoisotopic (exact) mass is 475 g/mol. The van der Waals surface area contributed by atoms with Gasteiger partial charge in [-0.2, -0.15) is 22.7 Å². The molecule has 0 saturated carbocycles. The fourth-order valence-electron chi connectivity index (χ4n) is 1.92. The number of nitrogens with zero attached hydrogens (tertiary/aromatic N) is 2. The fourth-order valence-corrected chi connectivity index (χ4v) is 2.58. The lowest BCUT2D eigenvalue weighted by Gasteiger charge is -2.11. The minimum atomic E-state index is -3.25. The van der Waals surface area contributed by atoms with Gasteiger partial charge < -0.3 is 14.6 Å². The van der Waals surface area contributed by atoms with Crippen LogP contribution in [0.4, 0.5) is 23.2 Å². The van der Waals surface area contributed by atoms with Crippen LogP contribution in [0.25, 0.3) is 0 Å². The molecule has 0 aliphatic carbocycles. The summed E-state index contributed by atoms with van der Waals surface area (Å²) >= 11 is 17.5. The zero-order chi connectivity index (χ0) is 21.7. The Morgan fingerprint density at radius 2 is 1.79 bits per heavy atom. The third kappa shape index (κ3) is 5.99. The van der Waals surface area contributed by atoms with Gasteiger partial charge in [0.25, 0.3) is 0 Å². The molecular weight excluding hydrogens is 469 g/mol. The summed E-state index contributed by atoms with van der Waals surface area (Å²) in [5.74, 6) is -2.42. The van der Waals surface area contributed by atoms with Crippen molar-refractivity contribution in [3.8, 4) is 11.5 Å². The van der Waals surface area contributed by atoms with Crippen LogP contribution in [0.15, 0.2) is 23.3 Å². The first-order chi connectivity index (χ1) is 13.6. The Morgan fingerprint density at radius 1 is 1.14 bits per heavy atom. The van der Waals surface area contributed by atoms with E-state index in [1.165, 1.54) is 0 Å². The molecule has 0 aliphatic heterocycles. The molecule has 0 aliphatic rings. The number of carbonyl (C=O) groups is 1. The van der Waals surface area contributed by atoms with Gasteiger partial charge in [0.1, 0.15) is 21.5 Å². The molecule has 0 fully saturated rings. The Balaban J connectivity index is 2.34. The van der Waals surface area contributed by atoms with Crippen LogP contribution in [-0.4, -0.2) is 35.5 Å². The first kappa shape index (κ1) is 22.8. The molecule has 0 atom stereocenters. The molecule has 2 rings (SSSR count). The number of hydrogen-bond acceptors (Lipinski definition) is 6. The van der Waals surface area contributed by atoms with Crippen molar-refractivity contribution in [2.45, 2.75) is 13.2 Å². The second-order valence-electron chi connectivity index (χ2n) is 4.89. The second-order valence-corrected chi connectivity index (χ2v) is 6.00.